The number of aryl methyl sites for hydroxylation is 1. The van der Waals surface area contributed by atoms with Gasteiger partial charge in [-0.1, -0.05) is 19.0 Å². The van der Waals surface area contributed by atoms with E-state index >= 15 is 0 Å². The number of aromatic nitrogens is 2. The van der Waals surface area contributed by atoms with Crippen molar-refractivity contribution in [2.24, 2.45) is 10.9 Å². The number of nitrogens with two attached hydrogens (primary N) is 1. The van der Waals surface area contributed by atoms with E-state index in [1.165, 1.54) is 0 Å². The van der Waals surface area contributed by atoms with E-state index in [4.69, 9.17) is 10.9 Å². The minimum atomic E-state index is 0.122. The van der Waals surface area contributed by atoms with Crippen molar-refractivity contribution in [2.45, 2.75) is 39.7 Å². The number of amidine groups is 1. The first-order valence-corrected chi connectivity index (χ1v) is 8.50. The molecule has 0 bridgehead atoms. The van der Waals surface area contributed by atoms with Gasteiger partial charge in [0, 0.05) is 24.1 Å². The molecular weight excluding hydrogens is 286 g/mol. The predicted molar refractivity (Wildman–Crippen MR) is 87.4 cm³/mol. The molecule has 2 heterocycles. The second-order valence-electron chi connectivity index (χ2n) is 5.13. The zero-order valence-electron chi connectivity index (χ0n) is 12.8. The molecule has 0 spiro atoms. The van der Waals surface area contributed by atoms with E-state index in [1.54, 1.807) is 0 Å². The number of thioether (sulfide) groups is 1. The first kappa shape index (κ1) is 15.9. The van der Waals surface area contributed by atoms with Crippen molar-refractivity contribution >= 4 is 23.4 Å². The number of rotatable bonds is 4. The SMILES string of the molecule is CCc1nnc(N2CCSCC2C)c(C(N)=NO)c1CC. The molecule has 7 heteroatoms. The maximum absolute atomic E-state index is 9.15. The van der Waals surface area contributed by atoms with Crippen molar-refractivity contribution < 1.29 is 5.21 Å². The summed E-state index contributed by atoms with van der Waals surface area (Å²) in [6.45, 7) is 7.17. The van der Waals surface area contributed by atoms with Crippen LogP contribution in [0, 0.1) is 0 Å². The van der Waals surface area contributed by atoms with Crippen molar-refractivity contribution in [1.29, 1.82) is 0 Å². The molecule has 1 saturated heterocycles. The molecule has 0 aliphatic carbocycles. The van der Waals surface area contributed by atoms with Gasteiger partial charge >= 0.3 is 0 Å². The number of nitrogens with zero attached hydrogens (tertiary/aromatic N) is 4. The van der Waals surface area contributed by atoms with E-state index in [2.05, 4.69) is 34.1 Å². The molecule has 1 aromatic heterocycles. The lowest BCUT2D eigenvalue weighted by molar-refractivity contribution is 0.318. The summed E-state index contributed by atoms with van der Waals surface area (Å²) in [6.07, 6.45) is 1.57. The second kappa shape index (κ2) is 6.98. The Bertz CT molecular complexity index is 534. The van der Waals surface area contributed by atoms with Crippen LogP contribution < -0.4 is 10.6 Å². The average molecular weight is 309 g/mol. The third-order valence-corrected chi connectivity index (χ3v) is 5.02. The topological polar surface area (TPSA) is 87.6 Å². The first-order chi connectivity index (χ1) is 10.1. The van der Waals surface area contributed by atoms with E-state index in [-0.39, 0.29) is 5.84 Å². The maximum Gasteiger partial charge on any atom is 0.174 e. The largest absolute Gasteiger partial charge is 0.409 e. The van der Waals surface area contributed by atoms with Gasteiger partial charge in [0.15, 0.2) is 11.7 Å². The number of anilines is 1. The van der Waals surface area contributed by atoms with Crippen LogP contribution in [0.2, 0.25) is 0 Å². The summed E-state index contributed by atoms with van der Waals surface area (Å²) in [5.41, 5.74) is 8.64. The molecule has 0 aromatic carbocycles. The Labute approximate surface area is 129 Å². The highest BCUT2D eigenvalue weighted by molar-refractivity contribution is 7.99. The smallest absolute Gasteiger partial charge is 0.174 e. The molecular formula is C14H23N5OS. The highest BCUT2D eigenvalue weighted by atomic mass is 32.2. The van der Waals surface area contributed by atoms with Crippen molar-refractivity contribution in [3.63, 3.8) is 0 Å². The molecule has 1 aliphatic heterocycles. The Hall–Kier alpha value is -1.50. The van der Waals surface area contributed by atoms with Gasteiger partial charge in [0.2, 0.25) is 0 Å². The Balaban J connectivity index is 2.59. The number of hydrogen-bond donors (Lipinski definition) is 2. The van der Waals surface area contributed by atoms with Gasteiger partial charge < -0.3 is 15.8 Å². The highest BCUT2D eigenvalue weighted by Crippen LogP contribution is 2.28. The molecule has 116 valence electrons. The summed E-state index contributed by atoms with van der Waals surface area (Å²) in [6, 6.07) is 0.362. The van der Waals surface area contributed by atoms with Crippen molar-refractivity contribution in [2.75, 3.05) is 23.0 Å². The van der Waals surface area contributed by atoms with Crippen molar-refractivity contribution in [3.05, 3.63) is 16.8 Å². The lowest BCUT2D eigenvalue weighted by Gasteiger charge is -2.35. The summed E-state index contributed by atoms with van der Waals surface area (Å²) in [7, 11) is 0. The van der Waals surface area contributed by atoms with Crippen LogP contribution in [0.1, 0.15) is 37.6 Å². The fraction of sp³-hybridized carbons (Fsp3) is 0.643. The van der Waals surface area contributed by atoms with E-state index < -0.39 is 0 Å². The van der Waals surface area contributed by atoms with Gasteiger partial charge in [-0.05, 0) is 25.3 Å². The summed E-state index contributed by atoms with van der Waals surface area (Å²) in [5.74, 6) is 2.97. The normalized spacial score (nSPS) is 19.9. The zero-order valence-corrected chi connectivity index (χ0v) is 13.7. The van der Waals surface area contributed by atoms with Crippen LogP contribution >= 0.6 is 11.8 Å². The van der Waals surface area contributed by atoms with Gasteiger partial charge in [0.1, 0.15) is 0 Å². The zero-order chi connectivity index (χ0) is 15.4. The quantitative estimate of drug-likeness (QED) is 0.380. The third kappa shape index (κ3) is 3.07. The monoisotopic (exact) mass is 309 g/mol. The average Bonchev–Trinajstić information content (AvgIpc) is 2.53. The minimum Gasteiger partial charge on any atom is -0.409 e. The van der Waals surface area contributed by atoms with Crippen LogP contribution in [0.5, 0.6) is 0 Å². The molecule has 0 amide bonds. The predicted octanol–water partition coefficient (Wildman–Crippen LogP) is 1.64. The molecule has 1 unspecified atom stereocenters. The Morgan fingerprint density at radius 2 is 2.19 bits per heavy atom. The maximum atomic E-state index is 9.15. The highest BCUT2D eigenvalue weighted by Gasteiger charge is 2.27. The second-order valence-corrected chi connectivity index (χ2v) is 6.28. The fourth-order valence-corrected chi connectivity index (χ4v) is 3.74. The summed E-state index contributed by atoms with van der Waals surface area (Å²) >= 11 is 1.94. The molecule has 1 atom stereocenters. The van der Waals surface area contributed by atoms with Crippen LogP contribution in [0.3, 0.4) is 0 Å². The van der Waals surface area contributed by atoms with E-state index in [0.29, 0.717) is 6.04 Å². The van der Waals surface area contributed by atoms with Crippen LogP contribution in [0.4, 0.5) is 5.82 Å². The van der Waals surface area contributed by atoms with Gasteiger partial charge in [-0.25, -0.2) is 0 Å². The van der Waals surface area contributed by atoms with Crippen LogP contribution in [-0.2, 0) is 12.8 Å². The lowest BCUT2D eigenvalue weighted by atomic mass is 10.0. The molecule has 6 nitrogen and oxygen atoms in total. The summed E-state index contributed by atoms with van der Waals surface area (Å²) in [4.78, 5) is 2.22. The van der Waals surface area contributed by atoms with E-state index in [1.807, 2.05) is 18.7 Å². The van der Waals surface area contributed by atoms with Crippen LogP contribution in [-0.4, -0.2) is 45.3 Å². The molecule has 1 fully saturated rings. The lowest BCUT2D eigenvalue weighted by Crippen LogP contribution is -2.42. The Kier molecular flexibility index (Phi) is 5.27. The van der Waals surface area contributed by atoms with Gasteiger partial charge in [-0.2, -0.15) is 16.9 Å². The van der Waals surface area contributed by atoms with E-state index in [9.17, 15) is 0 Å². The summed E-state index contributed by atoms with van der Waals surface area (Å²) < 4.78 is 0. The molecule has 0 saturated carbocycles. The molecule has 0 radical (unpaired) electrons. The molecule has 2 rings (SSSR count). The number of oxime groups is 1. The fourth-order valence-electron chi connectivity index (χ4n) is 2.72. The minimum absolute atomic E-state index is 0.122. The summed E-state index contributed by atoms with van der Waals surface area (Å²) in [5, 5.41) is 21.1. The van der Waals surface area contributed by atoms with Gasteiger partial charge in [-0.3, -0.25) is 0 Å². The van der Waals surface area contributed by atoms with Crippen molar-refractivity contribution in [1.82, 2.24) is 10.2 Å². The van der Waals surface area contributed by atoms with E-state index in [0.717, 1.165) is 53.5 Å². The molecule has 1 aliphatic rings. The molecule has 3 N–H and O–H groups in total. The molecule has 21 heavy (non-hydrogen) atoms. The van der Waals surface area contributed by atoms with Gasteiger partial charge in [0.25, 0.3) is 0 Å². The van der Waals surface area contributed by atoms with Crippen LogP contribution in [0.25, 0.3) is 0 Å². The van der Waals surface area contributed by atoms with Gasteiger partial charge in [-0.15, -0.1) is 5.10 Å². The molecule has 1 aromatic rings. The Morgan fingerprint density at radius 3 is 2.76 bits per heavy atom. The van der Waals surface area contributed by atoms with Crippen LogP contribution in [0.15, 0.2) is 5.16 Å². The number of hydrogen-bond acceptors (Lipinski definition) is 6. The Morgan fingerprint density at radius 1 is 1.43 bits per heavy atom. The third-order valence-electron chi connectivity index (χ3n) is 3.83. The first-order valence-electron chi connectivity index (χ1n) is 7.34. The van der Waals surface area contributed by atoms with Crippen molar-refractivity contribution in [3.8, 4) is 0 Å². The van der Waals surface area contributed by atoms with Gasteiger partial charge in [0.05, 0.1) is 11.3 Å². The standard InChI is InChI=1S/C14H23N5OS/c1-4-10-11(5-2)16-17-14(12(10)13(15)18-20)19-6-7-21-8-9(19)3/h9,20H,4-8H2,1-3H3,(H2,15,18).